The van der Waals surface area contributed by atoms with Crippen LogP contribution < -0.4 is 45.1 Å². The van der Waals surface area contributed by atoms with Crippen LogP contribution >= 0.6 is 23.4 Å². The van der Waals surface area contributed by atoms with Crippen molar-refractivity contribution < 1.29 is 61.2 Å². The highest BCUT2D eigenvalue weighted by molar-refractivity contribution is 7.99. The lowest BCUT2D eigenvalue weighted by molar-refractivity contribution is -0.192. The minimum absolute atomic E-state index is 0.000271. The van der Waals surface area contributed by atoms with Gasteiger partial charge in [0.25, 0.3) is 11.1 Å². The van der Waals surface area contributed by atoms with Crippen LogP contribution in [0.4, 0.5) is 25.1 Å². The number of carbonyl (C=O) groups excluding carboxylic acids is 4. The second-order valence-corrected chi connectivity index (χ2v) is 13.8. The van der Waals surface area contributed by atoms with E-state index in [1.54, 1.807) is 6.92 Å². The van der Waals surface area contributed by atoms with Gasteiger partial charge >= 0.3 is 24.1 Å². The Morgan fingerprint density at radius 3 is 1.77 bits per heavy atom. The van der Waals surface area contributed by atoms with Crippen LogP contribution in [0.15, 0.2) is 27.2 Å². The molecule has 2 amide bonds. The highest BCUT2D eigenvalue weighted by Gasteiger charge is 2.38. The van der Waals surface area contributed by atoms with Crippen molar-refractivity contribution in [2.45, 2.75) is 59.3 Å². The zero-order chi connectivity index (χ0) is 50.0. The third kappa shape index (κ3) is 21.3. The smallest absolute Gasteiger partial charge is 0.475 e. The molecule has 0 aromatic carbocycles. The fraction of sp³-hybridized carbons (Fsp3) is 0.529. The van der Waals surface area contributed by atoms with Gasteiger partial charge in [-0.25, -0.2) is 14.8 Å². The van der Waals surface area contributed by atoms with Crippen LogP contribution in [0.2, 0.25) is 0 Å². The van der Waals surface area contributed by atoms with E-state index in [2.05, 4.69) is 40.2 Å². The lowest BCUT2D eigenvalue weighted by atomic mass is 10.1. The zero-order valence-electron chi connectivity index (χ0n) is 35.7. The van der Waals surface area contributed by atoms with Gasteiger partial charge in [-0.1, -0.05) is 20.8 Å². The van der Waals surface area contributed by atoms with Crippen LogP contribution in [-0.4, -0.2) is 142 Å². The SMILES string of the molecule is CC.C[C@@H](CSCC(=O)OCCOCn1cnc2c(=O)[nH]c(N)nc21)C(=O)N[C@H](CCCN=C(N)N)C(N)=O.Nc1nc2c(ncn2COCCOC(=O)CCl)c(=O)[nH]1.O=C(O)C(F)(F)F. The number of carbonyl (C=O) groups is 5. The number of rotatable bonds is 22. The van der Waals surface area contributed by atoms with Gasteiger partial charge in [-0.2, -0.15) is 23.1 Å². The van der Waals surface area contributed by atoms with Gasteiger partial charge in [-0.15, -0.1) is 23.4 Å². The summed E-state index contributed by atoms with van der Waals surface area (Å²) in [5.41, 5.74) is 26.9. The molecule has 2 atom stereocenters. The number of carboxylic acid groups (broad SMARTS) is 1. The summed E-state index contributed by atoms with van der Waals surface area (Å²) in [5.74, 6) is -5.13. The first kappa shape index (κ1) is 57.3. The summed E-state index contributed by atoms with van der Waals surface area (Å²) in [4.78, 5) is 103. The van der Waals surface area contributed by atoms with Crippen LogP contribution in [-0.2, 0) is 56.4 Å². The maximum absolute atomic E-state index is 12.4. The number of H-pyrrole nitrogens is 2. The number of halogens is 4. The third-order valence-electron chi connectivity index (χ3n) is 7.42. The number of fused-ring (bicyclic) bond motifs is 2. The average Bonchev–Trinajstić information content (AvgIpc) is 3.86. The maximum atomic E-state index is 12.4. The summed E-state index contributed by atoms with van der Waals surface area (Å²) < 4.78 is 55.3. The van der Waals surface area contributed by atoms with Gasteiger partial charge in [0, 0.05) is 18.2 Å². The van der Waals surface area contributed by atoms with Crippen molar-refractivity contribution in [2.75, 3.05) is 61.8 Å². The monoisotopic (exact) mass is 985 g/mol. The van der Waals surface area contributed by atoms with Gasteiger partial charge in [0.2, 0.25) is 23.7 Å². The Kier molecular flexibility index (Phi) is 25.7. The summed E-state index contributed by atoms with van der Waals surface area (Å²) in [6.45, 7) is 6.51. The number of thioether (sulfide) groups is 1. The number of amides is 2. The second-order valence-electron chi connectivity index (χ2n) is 12.5. The molecule has 4 rings (SSSR count). The van der Waals surface area contributed by atoms with E-state index in [1.165, 1.54) is 33.6 Å². The number of hydrogen-bond acceptors (Lipinski definition) is 19. The highest BCUT2D eigenvalue weighted by atomic mass is 35.5. The molecular weight excluding hydrogens is 935 g/mol. The molecule has 0 spiro atoms. The van der Waals surface area contributed by atoms with E-state index in [1.807, 2.05) is 13.8 Å². The molecule has 0 aliphatic carbocycles. The first-order valence-corrected chi connectivity index (χ1v) is 20.8. The minimum Gasteiger partial charge on any atom is -0.475 e. The van der Waals surface area contributed by atoms with Crippen molar-refractivity contribution in [3.63, 3.8) is 0 Å². The van der Waals surface area contributed by atoms with Gasteiger partial charge in [0.05, 0.1) is 31.6 Å². The fourth-order valence-electron chi connectivity index (χ4n) is 4.46. The average molecular weight is 986 g/mol. The van der Waals surface area contributed by atoms with E-state index in [4.69, 9.17) is 69.1 Å². The first-order chi connectivity index (χ1) is 31.1. The largest absolute Gasteiger partial charge is 0.490 e. The molecular formula is C34H51ClF3N15O12S. The number of ether oxygens (including phenoxy) is 4. The number of esters is 2. The van der Waals surface area contributed by atoms with Gasteiger partial charge in [-0.05, 0) is 12.8 Å². The summed E-state index contributed by atoms with van der Waals surface area (Å²) >= 11 is 6.48. The molecule has 368 valence electrons. The zero-order valence-corrected chi connectivity index (χ0v) is 37.2. The molecule has 4 aromatic heterocycles. The number of nitrogens with two attached hydrogens (primary N) is 5. The van der Waals surface area contributed by atoms with Crippen LogP contribution in [0.25, 0.3) is 22.3 Å². The predicted molar refractivity (Wildman–Crippen MR) is 232 cm³/mol. The summed E-state index contributed by atoms with van der Waals surface area (Å²) in [6, 6.07) is -0.840. The lowest BCUT2D eigenvalue weighted by Gasteiger charge is -2.18. The Morgan fingerprint density at radius 1 is 0.879 bits per heavy atom. The van der Waals surface area contributed by atoms with E-state index in [0.29, 0.717) is 30.8 Å². The first-order valence-electron chi connectivity index (χ1n) is 19.1. The molecule has 0 aliphatic heterocycles. The second kappa shape index (κ2) is 29.7. The number of carboxylic acids is 1. The Morgan fingerprint density at radius 2 is 1.35 bits per heavy atom. The van der Waals surface area contributed by atoms with Gasteiger partial charge < -0.3 is 58.0 Å². The van der Waals surface area contributed by atoms with Crippen molar-refractivity contribution in [2.24, 2.45) is 28.1 Å². The quantitative estimate of drug-likeness (QED) is 0.0146. The number of guanidine groups is 1. The van der Waals surface area contributed by atoms with E-state index < -0.39 is 53.1 Å². The Balaban J connectivity index is 0.000000622. The van der Waals surface area contributed by atoms with Crippen LogP contribution in [0.1, 0.15) is 33.6 Å². The predicted octanol–water partition coefficient (Wildman–Crippen LogP) is -1.27. The normalized spacial score (nSPS) is 11.6. The minimum atomic E-state index is -5.08. The third-order valence-corrected chi connectivity index (χ3v) is 8.81. The number of nitrogen functional groups attached to an aromatic ring is 2. The molecule has 0 radical (unpaired) electrons. The molecule has 14 N–H and O–H groups in total. The highest BCUT2D eigenvalue weighted by Crippen LogP contribution is 2.13. The number of hydrogen-bond donors (Lipinski definition) is 9. The number of aromatic nitrogens is 8. The van der Waals surface area contributed by atoms with Gasteiger partial charge in [0.1, 0.15) is 38.6 Å². The van der Waals surface area contributed by atoms with Crippen molar-refractivity contribution in [1.82, 2.24) is 44.4 Å². The number of primary amides is 1. The van der Waals surface area contributed by atoms with Gasteiger partial charge in [-0.3, -0.25) is 52.9 Å². The number of imidazole rings is 2. The molecule has 0 unspecified atom stereocenters. The van der Waals surface area contributed by atoms with Crippen molar-refractivity contribution in [3.05, 3.63) is 33.4 Å². The van der Waals surface area contributed by atoms with Crippen LogP contribution in [0.3, 0.4) is 0 Å². The van der Waals surface area contributed by atoms with E-state index >= 15 is 0 Å². The molecule has 4 heterocycles. The van der Waals surface area contributed by atoms with Crippen LogP contribution in [0.5, 0.6) is 0 Å². The van der Waals surface area contributed by atoms with Gasteiger partial charge in [0.15, 0.2) is 28.3 Å². The Bertz CT molecular complexity index is 2340. The lowest BCUT2D eigenvalue weighted by Crippen LogP contribution is -2.46. The maximum Gasteiger partial charge on any atom is 0.490 e. The van der Waals surface area contributed by atoms with Crippen molar-refractivity contribution in [3.8, 4) is 0 Å². The summed E-state index contributed by atoms with van der Waals surface area (Å²) in [7, 11) is 0. The number of anilines is 2. The molecule has 4 aromatic rings. The molecule has 0 saturated heterocycles. The molecule has 27 nitrogen and oxygen atoms in total. The number of aliphatic carboxylic acids is 1. The molecule has 0 bridgehead atoms. The van der Waals surface area contributed by atoms with E-state index in [0.717, 1.165) is 0 Å². The van der Waals surface area contributed by atoms with Crippen LogP contribution in [0, 0.1) is 5.92 Å². The summed E-state index contributed by atoms with van der Waals surface area (Å²) in [5, 5.41) is 9.74. The number of alkyl halides is 4. The van der Waals surface area contributed by atoms with E-state index in [-0.39, 0.29) is 92.0 Å². The fourth-order valence-corrected chi connectivity index (χ4v) is 5.41. The standard InChI is InChI=1S/C20H32N10O6S.C10H12ClN5O4.C2HF3O2.C2H6/c1-11(17(33)27-12(15(21)32)3-2-4-25-19(22)23)7-37-8-13(31)36-6-5-35-10-30-9-26-14-16(30)28-20(24)29-18(14)34;11-3-6(17)20-2-1-19-5-16-4-13-7-8(16)14-10(12)15-9(7)18;3-2(4,5)1(6)7;1-2/h9,11-12H,2-8,10H2,1H3,(H2,21,32)(H,27,33)(H4,22,23,25)(H3,24,28,29,34);4H,1-3,5H2,(H3,12,14,15,18);(H,6,7);1-2H3/t11-,12+;;;/m0.../s1. The van der Waals surface area contributed by atoms with Crippen molar-refractivity contribution >= 4 is 93.3 Å². The molecule has 0 saturated carbocycles. The molecule has 0 fully saturated rings. The topological polar surface area (TPSA) is 424 Å². The molecule has 32 heteroatoms. The van der Waals surface area contributed by atoms with Crippen molar-refractivity contribution in [1.29, 1.82) is 0 Å². The summed E-state index contributed by atoms with van der Waals surface area (Å²) in [6.07, 6.45) is -1.51. The number of nitrogens with one attached hydrogen (secondary N) is 3. The number of aromatic amines is 2. The van der Waals surface area contributed by atoms with E-state index in [9.17, 15) is 41.9 Å². The molecule has 0 aliphatic rings. The Hall–Kier alpha value is -6.73. The number of nitrogens with zero attached hydrogens (tertiary/aromatic N) is 7. The molecule has 66 heavy (non-hydrogen) atoms. The Labute approximate surface area is 380 Å². The number of aliphatic imine (C=N–C) groups is 1.